The van der Waals surface area contributed by atoms with Gasteiger partial charge in [0.25, 0.3) is 0 Å². The molecule has 0 atom stereocenters. The summed E-state index contributed by atoms with van der Waals surface area (Å²) in [5.41, 5.74) is 5.87. The summed E-state index contributed by atoms with van der Waals surface area (Å²) in [6, 6.07) is 13.9. The van der Waals surface area contributed by atoms with E-state index in [0.29, 0.717) is 0 Å². The lowest BCUT2D eigenvalue weighted by atomic mass is 9.81. The molecule has 1 aliphatic carbocycles. The van der Waals surface area contributed by atoms with Crippen LogP contribution in [0.5, 0.6) is 0 Å². The van der Waals surface area contributed by atoms with Gasteiger partial charge in [-0.2, -0.15) is 0 Å². The van der Waals surface area contributed by atoms with Gasteiger partial charge in [-0.3, -0.25) is 0 Å². The second-order valence-electron chi connectivity index (χ2n) is 7.99. The highest BCUT2D eigenvalue weighted by Crippen LogP contribution is 2.46. The first-order valence-electron chi connectivity index (χ1n) is 7.48. The van der Waals surface area contributed by atoms with E-state index >= 15 is 0 Å². The summed E-state index contributed by atoms with van der Waals surface area (Å²) >= 11 is 0. The third kappa shape index (κ3) is 2.02. The minimum atomic E-state index is -1.29. The predicted molar refractivity (Wildman–Crippen MR) is 96.8 cm³/mol. The number of benzene rings is 2. The van der Waals surface area contributed by atoms with Crippen molar-refractivity contribution in [3.05, 3.63) is 36.4 Å². The number of rotatable bonds is 2. The highest BCUT2D eigenvalue weighted by molar-refractivity contribution is 6.98. The van der Waals surface area contributed by atoms with E-state index in [1.807, 2.05) is 0 Å². The molecular formula is C18H24Si2. The van der Waals surface area contributed by atoms with Gasteiger partial charge in [0, 0.05) is 0 Å². The van der Waals surface area contributed by atoms with Gasteiger partial charge in [-0.25, -0.2) is 0 Å². The van der Waals surface area contributed by atoms with Crippen molar-refractivity contribution >= 4 is 26.5 Å². The fourth-order valence-electron chi connectivity index (χ4n) is 3.18. The Morgan fingerprint density at radius 1 is 0.550 bits per heavy atom. The topological polar surface area (TPSA) is 0 Å². The van der Waals surface area contributed by atoms with Gasteiger partial charge in [-0.15, -0.1) is 0 Å². The van der Waals surface area contributed by atoms with Gasteiger partial charge >= 0.3 is 0 Å². The smallest absolute Gasteiger partial charge is 0.0656 e. The first kappa shape index (κ1) is 13.8. The van der Waals surface area contributed by atoms with Crippen LogP contribution in [0.25, 0.3) is 22.3 Å². The Hall–Kier alpha value is -1.13. The lowest BCUT2D eigenvalue weighted by Crippen LogP contribution is -2.56. The molecular weight excluding hydrogens is 272 g/mol. The molecule has 2 aromatic rings. The molecule has 3 rings (SSSR count). The summed E-state index contributed by atoms with van der Waals surface area (Å²) in [5.74, 6) is 0. The molecule has 0 aromatic heterocycles. The molecule has 2 aromatic carbocycles. The first-order chi connectivity index (χ1) is 9.19. The van der Waals surface area contributed by atoms with Crippen molar-refractivity contribution in [3.8, 4) is 22.3 Å². The zero-order chi connectivity index (χ0) is 14.7. The average molecular weight is 297 g/mol. The van der Waals surface area contributed by atoms with Crippen LogP contribution in [0.1, 0.15) is 0 Å². The maximum absolute atomic E-state index is 2.53. The van der Waals surface area contributed by atoms with E-state index in [1.165, 1.54) is 22.3 Å². The van der Waals surface area contributed by atoms with E-state index in [2.05, 4.69) is 75.7 Å². The molecule has 0 saturated carbocycles. The van der Waals surface area contributed by atoms with E-state index in [0.717, 1.165) is 0 Å². The van der Waals surface area contributed by atoms with Crippen LogP contribution in [0.2, 0.25) is 39.3 Å². The van der Waals surface area contributed by atoms with E-state index in [-0.39, 0.29) is 0 Å². The monoisotopic (exact) mass is 296 g/mol. The molecule has 0 aliphatic heterocycles. The largest absolute Gasteiger partial charge is 0.0774 e. The minimum Gasteiger partial charge on any atom is -0.0656 e. The van der Waals surface area contributed by atoms with Gasteiger partial charge in [0.2, 0.25) is 0 Å². The molecule has 0 spiro atoms. The van der Waals surface area contributed by atoms with Crippen LogP contribution in [-0.4, -0.2) is 16.1 Å². The summed E-state index contributed by atoms with van der Waals surface area (Å²) in [7, 11) is -2.59. The van der Waals surface area contributed by atoms with Crippen LogP contribution in [0.3, 0.4) is 0 Å². The molecule has 0 N–H and O–H groups in total. The molecule has 0 bridgehead atoms. The number of fused-ring (bicyclic) bond motifs is 4. The second kappa shape index (κ2) is 4.18. The maximum Gasteiger partial charge on any atom is 0.0774 e. The quantitative estimate of drug-likeness (QED) is 0.614. The van der Waals surface area contributed by atoms with Crippen molar-refractivity contribution in [2.24, 2.45) is 0 Å². The summed E-state index contributed by atoms with van der Waals surface area (Å²) in [5, 5.41) is 3.37. The molecule has 20 heavy (non-hydrogen) atoms. The molecule has 1 aliphatic rings. The molecule has 0 saturated heterocycles. The van der Waals surface area contributed by atoms with Crippen molar-refractivity contribution in [1.82, 2.24) is 0 Å². The number of hydrogen-bond acceptors (Lipinski definition) is 0. The van der Waals surface area contributed by atoms with Crippen molar-refractivity contribution < 1.29 is 0 Å². The Morgan fingerprint density at radius 3 is 1.20 bits per heavy atom. The molecule has 0 unspecified atom stereocenters. The molecule has 104 valence electrons. The van der Waals surface area contributed by atoms with E-state index in [9.17, 15) is 0 Å². The summed E-state index contributed by atoms with van der Waals surface area (Å²) in [6.07, 6.45) is 0. The highest BCUT2D eigenvalue weighted by atomic mass is 28.3. The fourth-order valence-corrected chi connectivity index (χ4v) is 8.34. The van der Waals surface area contributed by atoms with E-state index in [1.54, 1.807) is 10.4 Å². The Bertz CT molecular complexity index is 626. The first-order valence-corrected chi connectivity index (χ1v) is 14.5. The standard InChI is InChI=1S/C18H24Si2/c1-19(2,3)17-11-15-13-9-7-8-10-14(13)16(15)12-18(17)20(4,5)6/h7-12H,1-6H3. The molecule has 0 heterocycles. The van der Waals surface area contributed by atoms with Crippen molar-refractivity contribution in [3.63, 3.8) is 0 Å². The summed E-state index contributed by atoms with van der Waals surface area (Å²) < 4.78 is 0. The molecule has 0 nitrogen and oxygen atoms in total. The van der Waals surface area contributed by atoms with Gasteiger partial charge in [0.1, 0.15) is 0 Å². The number of hydrogen-bond donors (Lipinski definition) is 0. The van der Waals surface area contributed by atoms with Gasteiger partial charge in [0.15, 0.2) is 0 Å². The predicted octanol–water partition coefficient (Wildman–Crippen LogP) is 4.42. The average Bonchev–Trinajstić information content (AvgIpc) is 2.32. The van der Waals surface area contributed by atoms with Crippen LogP contribution in [0.4, 0.5) is 0 Å². The molecule has 0 amide bonds. The molecule has 0 fully saturated rings. The SMILES string of the molecule is C[Si](C)(C)c1cc2c(cc1[Si](C)(C)C)-c1ccccc1-2. The summed E-state index contributed by atoms with van der Waals surface area (Å²) in [6.45, 7) is 14.9. The zero-order valence-corrected chi connectivity index (χ0v) is 15.5. The highest BCUT2D eigenvalue weighted by Gasteiger charge is 2.32. The van der Waals surface area contributed by atoms with Gasteiger partial charge in [-0.1, -0.05) is 86.1 Å². The van der Waals surface area contributed by atoms with Crippen molar-refractivity contribution in [2.45, 2.75) is 39.3 Å². The van der Waals surface area contributed by atoms with Gasteiger partial charge in [0.05, 0.1) is 16.1 Å². The normalized spacial score (nSPS) is 13.5. The molecule has 2 heteroatoms. The zero-order valence-electron chi connectivity index (χ0n) is 13.5. The Kier molecular flexibility index (Phi) is 2.90. The van der Waals surface area contributed by atoms with Crippen LogP contribution in [0.15, 0.2) is 36.4 Å². The Balaban J connectivity index is 2.26. The summed E-state index contributed by atoms with van der Waals surface area (Å²) in [4.78, 5) is 0. The van der Waals surface area contributed by atoms with Crippen LogP contribution < -0.4 is 10.4 Å². The van der Waals surface area contributed by atoms with Crippen molar-refractivity contribution in [2.75, 3.05) is 0 Å². The van der Waals surface area contributed by atoms with Crippen LogP contribution in [0, 0.1) is 0 Å². The molecule has 0 radical (unpaired) electrons. The van der Waals surface area contributed by atoms with Crippen molar-refractivity contribution in [1.29, 1.82) is 0 Å². The fraction of sp³-hybridized carbons (Fsp3) is 0.333. The van der Waals surface area contributed by atoms with Crippen LogP contribution in [-0.2, 0) is 0 Å². The van der Waals surface area contributed by atoms with E-state index in [4.69, 9.17) is 0 Å². The lowest BCUT2D eigenvalue weighted by Gasteiger charge is -2.33. The third-order valence-corrected chi connectivity index (χ3v) is 8.59. The van der Waals surface area contributed by atoms with Gasteiger partial charge < -0.3 is 0 Å². The Morgan fingerprint density at radius 2 is 0.900 bits per heavy atom. The second-order valence-corrected chi connectivity index (χ2v) is 18.1. The van der Waals surface area contributed by atoms with Gasteiger partial charge in [-0.05, 0) is 22.3 Å². The maximum atomic E-state index is 2.53. The van der Waals surface area contributed by atoms with E-state index < -0.39 is 16.1 Å². The third-order valence-electron chi connectivity index (χ3n) is 4.28. The Labute approximate surface area is 124 Å². The van der Waals surface area contributed by atoms with Crippen LogP contribution >= 0.6 is 0 Å². The lowest BCUT2D eigenvalue weighted by molar-refractivity contribution is 1.53. The minimum absolute atomic E-state index is 1.29.